The van der Waals surface area contributed by atoms with E-state index in [9.17, 15) is 65.8 Å². The minimum absolute atomic E-state index is 0.824. The van der Waals surface area contributed by atoms with Crippen LogP contribution in [-0.2, 0) is 38.0 Å². The van der Waals surface area contributed by atoms with Crippen LogP contribution in [0.2, 0.25) is 0 Å². The van der Waals surface area contributed by atoms with E-state index in [4.69, 9.17) is 34.2 Å². The van der Waals surface area contributed by atoms with Gasteiger partial charge in [-0.25, -0.2) is 0 Å². The molecule has 20 heteroatoms. The number of carbonyl (C=O) groups is 2. The van der Waals surface area contributed by atoms with E-state index in [-0.39, 0.29) is 0 Å². The molecule has 3 saturated heterocycles. The van der Waals surface area contributed by atoms with Crippen LogP contribution in [0.5, 0.6) is 0 Å². The van der Waals surface area contributed by atoms with Gasteiger partial charge in [0, 0.05) is 0 Å². The van der Waals surface area contributed by atoms with Crippen LogP contribution in [0.25, 0.3) is 0 Å². The van der Waals surface area contributed by atoms with Gasteiger partial charge in [-0.1, -0.05) is 0 Å². The van der Waals surface area contributed by atoms with Gasteiger partial charge in [0.15, 0.2) is 18.9 Å². The van der Waals surface area contributed by atoms with E-state index < -0.39 is 136 Å². The zero-order chi connectivity index (χ0) is 31.5. The molecule has 16 unspecified atom stereocenters. The molecule has 20 nitrogen and oxygen atoms in total. The zero-order valence-corrected chi connectivity index (χ0v) is 21.8. The second-order valence-electron chi connectivity index (χ2n) is 9.92. The van der Waals surface area contributed by atoms with Gasteiger partial charge in [0.25, 0.3) is 0 Å². The zero-order valence-electron chi connectivity index (χ0n) is 21.8. The quantitative estimate of drug-likeness (QED) is 0.0966. The SMILES string of the molecule is NC(=O)CC(OC1C(OC2C(CO)OC(OC3C(CO)OC(O)C(O)C3O)C(O)C2O)OC(CO)C(O)C1O)C(=O)[O-]. The molecule has 244 valence electrons. The lowest BCUT2D eigenvalue weighted by atomic mass is 9.96. The van der Waals surface area contributed by atoms with Crippen molar-refractivity contribution in [3.8, 4) is 0 Å². The van der Waals surface area contributed by atoms with Gasteiger partial charge in [-0.05, 0) is 0 Å². The maximum Gasteiger partial charge on any atom is 0.220 e. The fraction of sp³-hybridized carbons (Fsp3) is 0.909. The number of ether oxygens (including phenoxy) is 6. The van der Waals surface area contributed by atoms with E-state index in [0.29, 0.717) is 0 Å². The number of hydrogen-bond acceptors (Lipinski definition) is 19. The van der Waals surface area contributed by atoms with E-state index in [1.165, 1.54) is 0 Å². The maximum atomic E-state index is 11.5. The maximum absolute atomic E-state index is 11.5. The number of nitrogens with two attached hydrogens (primary N) is 1. The number of aliphatic hydroxyl groups is 10. The standard InChI is InChI=1S/C22H37NO19/c23-9(27)1-5(19(34)35)37-18-11(29)10(28)6(2-24)39-22(18)42-17-8(4-26)40-21(15(33)13(17)31)41-16-7(3-25)38-20(36)14(32)12(16)30/h5-8,10-18,20-22,24-26,28-33,36H,1-4H2,(H2,23,27)(H,34,35)/p-1. The Morgan fingerprint density at radius 3 is 1.67 bits per heavy atom. The first-order valence-electron chi connectivity index (χ1n) is 12.8. The summed E-state index contributed by atoms with van der Waals surface area (Å²) in [6.45, 7) is -2.66. The van der Waals surface area contributed by atoms with Crippen LogP contribution in [-0.4, -0.2) is 181 Å². The fourth-order valence-electron chi connectivity index (χ4n) is 4.75. The average Bonchev–Trinajstić information content (AvgIpc) is 2.95. The second-order valence-corrected chi connectivity index (χ2v) is 9.92. The Kier molecular flexibility index (Phi) is 12.3. The van der Waals surface area contributed by atoms with E-state index in [0.717, 1.165) is 0 Å². The van der Waals surface area contributed by atoms with Crippen LogP contribution in [0.15, 0.2) is 0 Å². The molecule has 3 aliphatic rings. The van der Waals surface area contributed by atoms with Gasteiger partial charge in [0.1, 0.15) is 79.4 Å². The molecule has 1 amide bonds. The monoisotopic (exact) mass is 618 g/mol. The van der Waals surface area contributed by atoms with Gasteiger partial charge in [0.2, 0.25) is 5.91 Å². The molecule has 0 spiro atoms. The van der Waals surface area contributed by atoms with Crippen LogP contribution < -0.4 is 10.8 Å². The topological polar surface area (TPSA) is 341 Å². The number of carboxylic acid groups (broad SMARTS) is 1. The number of aliphatic hydroxyl groups excluding tert-OH is 10. The van der Waals surface area contributed by atoms with E-state index >= 15 is 0 Å². The molecule has 3 fully saturated rings. The lowest BCUT2D eigenvalue weighted by molar-refractivity contribution is -0.382. The number of primary amides is 1. The first-order chi connectivity index (χ1) is 19.7. The van der Waals surface area contributed by atoms with Gasteiger partial charge in [-0.2, -0.15) is 0 Å². The molecule has 3 heterocycles. The largest absolute Gasteiger partial charge is 0.547 e. The summed E-state index contributed by atoms with van der Waals surface area (Å²) in [5.41, 5.74) is 5.02. The number of rotatable bonds is 12. The van der Waals surface area contributed by atoms with Crippen molar-refractivity contribution in [1.82, 2.24) is 0 Å². The number of hydrogen-bond donors (Lipinski definition) is 11. The summed E-state index contributed by atoms with van der Waals surface area (Å²) in [5.74, 6) is -3.07. The van der Waals surface area contributed by atoms with Crippen LogP contribution >= 0.6 is 0 Å². The first-order valence-corrected chi connectivity index (χ1v) is 12.8. The number of carboxylic acids is 1. The van der Waals surface area contributed by atoms with Crippen molar-refractivity contribution < 1.29 is 94.2 Å². The minimum atomic E-state index is -2.07. The van der Waals surface area contributed by atoms with Crippen LogP contribution in [0.4, 0.5) is 0 Å². The van der Waals surface area contributed by atoms with Crippen molar-refractivity contribution in [3.63, 3.8) is 0 Å². The van der Waals surface area contributed by atoms with Crippen molar-refractivity contribution in [3.05, 3.63) is 0 Å². The number of carbonyl (C=O) groups excluding carboxylic acids is 2. The Morgan fingerprint density at radius 2 is 1.14 bits per heavy atom. The highest BCUT2D eigenvalue weighted by Crippen LogP contribution is 2.33. The summed E-state index contributed by atoms with van der Waals surface area (Å²) >= 11 is 0. The molecule has 0 aromatic carbocycles. The molecule has 42 heavy (non-hydrogen) atoms. The summed E-state index contributed by atoms with van der Waals surface area (Å²) in [5, 5.41) is 113. The molecule has 0 aromatic heterocycles. The molecule has 16 atom stereocenters. The summed E-state index contributed by atoms with van der Waals surface area (Å²) in [6, 6.07) is 0. The van der Waals surface area contributed by atoms with Crippen LogP contribution in [0, 0.1) is 0 Å². The summed E-state index contributed by atoms with van der Waals surface area (Å²) in [7, 11) is 0. The Balaban J connectivity index is 1.82. The van der Waals surface area contributed by atoms with Gasteiger partial charge < -0.3 is 95.1 Å². The Hall–Kier alpha value is -1.70. The Bertz CT molecular complexity index is 894. The van der Waals surface area contributed by atoms with E-state index in [1.807, 2.05) is 0 Å². The Labute approximate surface area is 236 Å². The fourth-order valence-corrected chi connectivity index (χ4v) is 4.75. The van der Waals surface area contributed by atoms with Gasteiger partial charge in [-0.3, -0.25) is 4.79 Å². The Morgan fingerprint density at radius 1 is 0.667 bits per heavy atom. The van der Waals surface area contributed by atoms with Crippen molar-refractivity contribution >= 4 is 11.9 Å². The highest BCUT2D eigenvalue weighted by molar-refractivity contribution is 5.81. The van der Waals surface area contributed by atoms with Crippen LogP contribution in [0.3, 0.4) is 0 Å². The van der Waals surface area contributed by atoms with Gasteiger partial charge >= 0.3 is 0 Å². The first kappa shape index (κ1) is 34.8. The predicted octanol–water partition coefficient (Wildman–Crippen LogP) is -9.55. The third-order valence-electron chi connectivity index (χ3n) is 7.04. The normalized spacial score (nSPS) is 45.3. The van der Waals surface area contributed by atoms with Crippen molar-refractivity contribution in [2.45, 2.75) is 105 Å². The summed E-state index contributed by atoms with van der Waals surface area (Å²) in [4.78, 5) is 22.8. The van der Waals surface area contributed by atoms with Crippen molar-refractivity contribution in [2.75, 3.05) is 19.8 Å². The molecule has 0 bridgehead atoms. The minimum Gasteiger partial charge on any atom is -0.547 e. The number of amides is 1. The highest BCUT2D eigenvalue weighted by atomic mass is 16.8. The molecule has 0 aromatic rings. The smallest absolute Gasteiger partial charge is 0.220 e. The van der Waals surface area contributed by atoms with Gasteiger partial charge in [0.05, 0.1) is 32.2 Å². The molecule has 0 aliphatic carbocycles. The van der Waals surface area contributed by atoms with E-state index in [2.05, 4.69) is 0 Å². The lowest BCUT2D eigenvalue weighted by Gasteiger charge is -2.48. The predicted molar refractivity (Wildman–Crippen MR) is 123 cm³/mol. The molecular weight excluding hydrogens is 582 g/mol. The lowest BCUT2D eigenvalue weighted by Crippen LogP contribution is -2.67. The van der Waals surface area contributed by atoms with Gasteiger partial charge in [-0.15, -0.1) is 0 Å². The summed E-state index contributed by atoms with van der Waals surface area (Å²) in [6.07, 6.45) is -30.3. The highest BCUT2D eigenvalue weighted by Gasteiger charge is 2.54. The molecule has 12 N–H and O–H groups in total. The van der Waals surface area contributed by atoms with Crippen molar-refractivity contribution in [1.29, 1.82) is 0 Å². The molecule has 0 radical (unpaired) electrons. The third-order valence-corrected chi connectivity index (χ3v) is 7.04. The molecule has 3 aliphatic heterocycles. The molecular formula is C22H36NO19-. The third kappa shape index (κ3) is 7.50. The molecule has 3 rings (SSSR count). The van der Waals surface area contributed by atoms with Crippen molar-refractivity contribution in [2.24, 2.45) is 5.73 Å². The second kappa shape index (κ2) is 14.9. The van der Waals surface area contributed by atoms with Crippen LogP contribution in [0.1, 0.15) is 6.42 Å². The number of aliphatic carboxylic acids is 1. The molecule has 0 saturated carbocycles. The average molecular weight is 619 g/mol. The van der Waals surface area contributed by atoms with E-state index in [1.54, 1.807) is 0 Å². The summed E-state index contributed by atoms with van der Waals surface area (Å²) < 4.78 is 32.1.